The number of nitrogens with one attached hydrogen (secondary N) is 1. The smallest absolute Gasteiger partial charge is 0.243 e. The average Bonchev–Trinajstić information content (AvgIpc) is 3.15. The zero-order chi connectivity index (χ0) is 21.1. The van der Waals surface area contributed by atoms with Crippen molar-refractivity contribution in [1.82, 2.24) is 14.2 Å². The van der Waals surface area contributed by atoms with E-state index < -0.39 is 10.0 Å². The van der Waals surface area contributed by atoms with Gasteiger partial charge in [0.25, 0.3) is 0 Å². The zero-order valence-corrected chi connectivity index (χ0v) is 18.7. The van der Waals surface area contributed by atoms with E-state index in [2.05, 4.69) is 12.2 Å². The monoisotopic (exact) mass is 431 g/mol. The number of rotatable bonds is 6. The molecule has 1 aromatic carbocycles. The van der Waals surface area contributed by atoms with Crippen molar-refractivity contribution in [2.45, 2.75) is 75.8 Å². The number of carbonyl (C=O) groups is 1. The minimum absolute atomic E-state index is 0.0993. The molecule has 0 atom stereocenters. The molecule has 1 aliphatic carbocycles. The van der Waals surface area contributed by atoms with E-state index in [0.29, 0.717) is 42.9 Å². The van der Waals surface area contributed by atoms with E-state index in [9.17, 15) is 13.2 Å². The Morgan fingerprint density at radius 3 is 2.53 bits per heavy atom. The Labute approximate surface area is 179 Å². The van der Waals surface area contributed by atoms with Gasteiger partial charge in [0.2, 0.25) is 15.9 Å². The molecule has 30 heavy (non-hydrogen) atoms. The number of hydrogen-bond donors (Lipinski definition) is 1. The SMILES string of the molecule is CC1CCN(S(=O)(=O)c2ccc3c(ccn3CCC(=O)NC3CCCCC3)c2)CC1. The Hall–Kier alpha value is -1.86. The summed E-state index contributed by atoms with van der Waals surface area (Å²) < 4.78 is 29.7. The molecule has 2 aliphatic rings. The van der Waals surface area contributed by atoms with E-state index in [-0.39, 0.29) is 5.91 Å². The second-order valence-corrected chi connectivity index (χ2v) is 10.9. The lowest BCUT2D eigenvalue weighted by Crippen LogP contribution is -2.37. The van der Waals surface area contributed by atoms with Crippen molar-refractivity contribution in [1.29, 1.82) is 0 Å². The molecule has 1 aliphatic heterocycles. The number of sulfonamides is 1. The van der Waals surface area contributed by atoms with E-state index in [1.54, 1.807) is 16.4 Å². The Morgan fingerprint density at radius 1 is 1.07 bits per heavy atom. The maximum atomic E-state index is 13.0. The first kappa shape index (κ1) is 21.4. The molecule has 164 valence electrons. The number of carbonyl (C=O) groups excluding carboxylic acids is 1. The quantitative estimate of drug-likeness (QED) is 0.754. The fraction of sp³-hybridized carbons (Fsp3) is 0.609. The minimum Gasteiger partial charge on any atom is -0.353 e. The molecular weight excluding hydrogens is 398 g/mol. The van der Waals surface area contributed by atoms with Gasteiger partial charge in [-0.1, -0.05) is 26.2 Å². The fourth-order valence-corrected chi connectivity index (χ4v) is 6.18. The van der Waals surface area contributed by atoms with E-state index in [4.69, 9.17) is 0 Å². The van der Waals surface area contributed by atoms with E-state index in [1.807, 2.05) is 22.9 Å². The summed E-state index contributed by atoms with van der Waals surface area (Å²) >= 11 is 0. The van der Waals surface area contributed by atoms with E-state index in [1.165, 1.54) is 19.3 Å². The van der Waals surface area contributed by atoms with Crippen LogP contribution in [-0.4, -0.2) is 42.3 Å². The molecule has 0 spiro atoms. The second kappa shape index (κ2) is 9.10. The summed E-state index contributed by atoms with van der Waals surface area (Å²) in [5, 5.41) is 4.06. The van der Waals surface area contributed by atoms with Crippen LogP contribution in [0.2, 0.25) is 0 Å². The van der Waals surface area contributed by atoms with Crippen molar-refractivity contribution in [3.8, 4) is 0 Å². The molecule has 7 heteroatoms. The first-order valence-corrected chi connectivity index (χ1v) is 12.8. The van der Waals surface area contributed by atoms with Crippen LogP contribution in [0.15, 0.2) is 35.4 Å². The highest BCUT2D eigenvalue weighted by molar-refractivity contribution is 7.89. The lowest BCUT2D eigenvalue weighted by atomic mass is 9.95. The summed E-state index contributed by atoms with van der Waals surface area (Å²) in [6.45, 7) is 3.96. The predicted octanol–water partition coefficient (Wildman–Crippen LogP) is 3.90. The van der Waals surface area contributed by atoms with Crippen LogP contribution in [0.4, 0.5) is 0 Å². The fourth-order valence-electron chi connectivity index (χ4n) is 4.68. The molecule has 0 radical (unpaired) electrons. The summed E-state index contributed by atoms with van der Waals surface area (Å²) in [5.74, 6) is 0.686. The Bertz CT molecular complexity index is 984. The van der Waals surface area contributed by atoms with Crippen molar-refractivity contribution in [2.75, 3.05) is 13.1 Å². The third kappa shape index (κ3) is 4.72. The number of piperidine rings is 1. The Kier molecular flexibility index (Phi) is 6.48. The van der Waals surface area contributed by atoms with Crippen LogP contribution in [0, 0.1) is 5.92 Å². The standard InChI is InChI=1S/C23H33N3O3S/c1-18-9-15-26(16-10-18)30(28,29)21-7-8-22-19(17-21)11-13-25(22)14-12-23(27)24-20-5-3-2-4-6-20/h7-8,11,13,17-18,20H,2-6,9-10,12,14-16H2,1H3,(H,24,27). The summed E-state index contributed by atoms with van der Waals surface area (Å²) in [6.07, 6.45) is 10.1. The van der Waals surface area contributed by atoms with Crippen LogP contribution >= 0.6 is 0 Å². The summed E-state index contributed by atoms with van der Waals surface area (Å²) in [7, 11) is -3.45. The lowest BCUT2D eigenvalue weighted by Gasteiger charge is -2.29. The van der Waals surface area contributed by atoms with Crippen molar-refractivity contribution < 1.29 is 13.2 Å². The highest BCUT2D eigenvalue weighted by atomic mass is 32.2. The molecule has 1 saturated carbocycles. The van der Waals surface area contributed by atoms with Gasteiger partial charge in [-0.25, -0.2) is 8.42 Å². The molecule has 2 heterocycles. The maximum Gasteiger partial charge on any atom is 0.243 e. The Balaban J connectivity index is 1.41. The highest BCUT2D eigenvalue weighted by Gasteiger charge is 2.28. The highest BCUT2D eigenvalue weighted by Crippen LogP contribution is 2.26. The first-order valence-electron chi connectivity index (χ1n) is 11.3. The zero-order valence-electron chi connectivity index (χ0n) is 17.8. The average molecular weight is 432 g/mol. The van der Waals surface area contributed by atoms with Gasteiger partial charge in [0, 0.05) is 49.2 Å². The van der Waals surface area contributed by atoms with Crippen LogP contribution in [0.1, 0.15) is 58.3 Å². The second-order valence-electron chi connectivity index (χ2n) is 8.97. The predicted molar refractivity (Wildman–Crippen MR) is 119 cm³/mol. The van der Waals surface area contributed by atoms with Crippen LogP contribution in [0.5, 0.6) is 0 Å². The van der Waals surface area contributed by atoms with Crippen LogP contribution in [0.3, 0.4) is 0 Å². The maximum absolute atomic E-state index is 13.0. The van der Waals surface area contributed by atoms with Crippen molar-refractivity contribution in [2.24, 2.45) is 5.92 Å². The summed E-state index contributed by atoms with van der Waals surface area (Å²) in [6, 6.07) is 7.60. The number of nitrogens with zero attached hydrogens (tertiary/aromatic N) is 2. The van der Waals surface area contributed by atoms with Crippen LogP contribution in [-0.2, 0) is 21.4 Å². The molecule has 0 unspecified atom stereocenters. The number of benzene rings is 1. The summed E-state index contributed by atoms with van der Waals surface area (Å²) in [4.78, 5) is 12.7. The molecule has 4 rings (SSSR count). The molecule has 1 N–H and O–H groups in total. The number of aryl methyl sites for hydroxylation is 1. The van der Waals surface area contributed by atoms with Crippen LogP contribution < -0.4 is 5.32 Å². The topological polar surface area (TPSA) is 71.4 Å². The van der Waals surface area contributed by atoms with E-state index >= 15 is 0 Å². The molecule has 1 saturated heterocycles. The largest absolute Gasteiger partial charge is 0.353 e. The lowest BCUT2D eigenvalue weighted by molar-refractivity contribution is -0.122. The van der Waals surface area contributed by atoms with Gasteiger partial charge in [-0.3, -0.25) is 4.79 Å². The molecule has 2 fully saturated rings. The summed E-state index contributed by atoms with van der Waals surface area (Å²) in [5.41, 5.74) is 0.965. The number of amides is 1. The van der Waals surface area contributed by atoms with Gasteiger partial charge >= 0.3 is 0 Å². The van der Waals surface area contributed by atoms with Gasteiger partial charge < -0.3 is 9.88 Å². The van der Waals surface area contributed by atoms with Crippen molar-refractivity contribution >= 4 is 26.8 Å². The van der Waals surface area contributed by atoms with Gasteiger partial charge in [-0.15, -0.1) is 0 Å². The molecule has 2 aromatic rings. The van der Waals surface area contributed by atoms with Crippen molar-refractivity contribution in [3.63, 3.8) is 0 Å². The molecular formula is C23H33N3O3S. The number of aromatic nitrogens is 1. The van der Waals surface area contributed by atoms with Gasteiger partial charge in [-0.05, 0) is 55.9 Å². The first-order chi connectivity index (χ1) is 14.4. The Morgan fingerprint density at radius 2 is 1.80 bits per heavy atom. The minimum atomic E-state index is -3.45. The van der Waals surface area contributed by atoms with Gasteiger partial charge in [0.15, 0.2) is 0 Å². The number of fused-ring (bicyclic) bond motifs is 1. The molecule has 1 aromatic heterocycles. The normalized spacial score (nSPS) is 19.9. The molecule has 6 nitrogen and oxygen atoms in total. The molecule has 1 amide bonds. The van der Waals surface area contributed by atoms with Gasteiger partial charge in [0.1, 0.15) is 0 Å². The van der Waals surface area contributed by atoms with E-state index in [0.717, 1.165) is 36.6 Å². The third-order valence-electron chi connectivity index (χ3n) is 6.67. The third-order valence-corrected chi connectivity index (χ3v) is 8.57. The van der Waals surface area contributed by atoms with Crippen LogP contribution in [0.25, 0.3) is 10.9 Å². The van der Waals surface area contributed by atoms with Gasteiger partial charge in [-0.2, -0.15) is 4.31 Å². The molecule has 0 bridgehead atoms. The van der Waals surface area contributed by atoms with Gasteiger partial charge in [0.05, 0.1) is 4.90 Å². The van der Waals surface area contributed by atoms with Crippen molar-refractivity contribution in [3.05, 3.63) is 30.5 Å². The number of hydrogen-bond acceptors (Lipinski definition) is 3.